The molecule has 2 N–H and O–H groups in total. The van der Waals surface area contributed by atoms with Gasteiger partial charge in [-0.15, -0.1) is 11.3 Å². The maximum atomic E-state index is 14.3. The summed E-state index contributed by atoms with van der Waals surface area (Å²) in [6.07, 6.45) is 0. The van der Waals surface area contributed by atoms with Crippen LogP contribution in [0.15, 0.2) is 48.5 Å². The van der Waals surface area contributed by atoms with Crippen LogP contribution in [0.2, 0.25) is 10.0 Å². The van der Waals surface area contributed by atoms with Crippen molar-refractivity contribution in [1.82, 2.24) is 0 Å². The van der Waals surface area contributed by atoms with Crippen LogP contribution in [0.1, 0.15) is 9.67 Å². The molecule has 0 aliphatic carbocycles. The number of hydrogen-bond donors (Lipinski definition) is 2. The van der Waals surface area contributed by atoms with Gasteiger partial charge in [-0.2, -0.15) is 0 Å². The van der Waals surface area contributed by atoms with Crippen LogP contribution in [0, 0.1) is 5.82 Å². The molecule has 0 bridgehead atoms. The maximum Gasteiger partial charge on any atom is 0.348 e. The molecule has 1 aromatic heterocycles. The summed E-state index contributed by atoms with van der Waals surface area (Å²) < 4.78 is 32.6. The van der Waals surface area contributed by atoms with E-state index in [4.69, 9.17) is 27.7 Å². The molecule has 146 valence electrons. The van der Waals surface area contributed by atoms with Crippen LogP contribution in [-0.2, 0) is 9.09 Å². The van der Waals surface area contributed by atoms with Crippen LogP contribution >= 0.6 is 42.1 Å². The smallest absolute Gasteiger partial charge is 0.348 e. The Labute approximate surface area is 174 Å². The first-order valence-corrected chi connectivity index (χ1v) is 11.0. The molecule has 10 heteroatoms. The van der Waals surface area contributed by atoms with Gasteiger partial charge in [0.2, 0.25) is 0 Å². The summed E-state index contributed by atoms with van der Waals surface area (Å²) in [6.45, 7) is 0. The topological polar surface area (TPSA) is 75.6 Å². The molecule has 0 amide bonds. The molecule has 3 rings (SSSR count). The summed E-state index contributed by atoms with van der Waals surface area (Å²) in [5.41, 5.74) is 0.789. The number of carbonyl (C=O) groups is 1. The number of carboxylic acids is 1. The maximum absolute atomic E-state index is 14.3. The second-order valence-electron chi connectivity index (χ2n) is 5.61. The Hall–Kier alpha value is -1.89. The van der Waals surface area contributed by atoms with Gasteiger partial charge in [0.15, 0.2) is 0 Å². The van der Waals surface area contributed by atoms with Crippen LogP contribution in [0.5, 0.6) is 0 Å². The lowest BCUT2D eigenvalue weighted by Crippen LogP contribution is -2.17. The van der Waals surface area contributed by atoms with E-state index in [1.54, 1.807) is 24.3 Å². The number of nitrogens with one attached hydrogen (secondary N) is 1. The lowest BCUT2D eigenvalue weighted by Gasteiger charge is -2.19. The predicted octanol–water partition coefficient (Wildman–Crippen LogP) is 6.14. The third-order valence-corrected chi connectivity index (χ3v) is 7.51. The summed E-state index contributed by atoms with van der Waals surface area (Å²) in [4.78, 5) is 12.2. The minimum atomic E-state index is -3.95. The van der Waals surface area contributed by atoms with Gasteiger partial charge in [0.05, 0.1) is 11.0 Å². The zero-order valence-corrected chi connectivity index (χ0v) is 17.5. The molecular weight excluding hydrogens is 447 g/mol. The predicted molar refractivity (Wildman–Crippen MR) is 111 cm³/mol. The highest BCUT2D eigenvalue weighted by Crippen LogP contribution is 2.48. The van der Waals surface area contributed by atoms with Gasteiger partial charge in [-0.05, 0) is 42.0 Å². The number of thiophene rings is 1. The van der Waals surface area contributed by atoms with E-state index in [-0.39, 0.29) is 20.9 Å². The number of anilines is 1. The molecule has 1 atom stereocenters. The molecule has 0 saturated heterocycles. The molecule has 0 aliphatic heterocycles. The third kappa shape index (κ3) is 4.24. The summed E-state index contributed by atoms with van der Waals surface area (Å²) >= 11 is 12.6. The van der Waals surface area contributed by atoms with E-state index in [9.17, 15) is 18.9 Å². The first kappa shape index (κ1) is 20.8. The van der Waals surface area contributed by atoms with Crippen molar-refractivity contribution in [2.45, 2.75) is 0 Å². The van der Waals surface area contributed by atoms with Gasteiger partial charge >= 0.3 is 13.5 Å². The second-order valence-corrected chi connectivity index (χ2v) is 9.71. The molecule has 0 aliphatic rings. The average molecular weight is 460 g/mol. The fraction of sp³-hybridized carbons (Fsp3) is 0.0556. The van der Waals surface area contributed by atoms with E-state index < -0.39 is 19.3 Å². The highest BCUT2D eigenvalue weighted by atomic mass is 35.5. The molecule has 5 nitrogen and oxygen atoms in total. The number of rotatable bonds is 6. The van der Waals surface area contributed by atoms with Gasteiger partial charge in [0.1, 0.15) is 10.7 Å². The molecule has 0 radical (unpaired) electrons. The molecular formula is C18H13Cl2FNO4PS. The van der Waals surface area contributed by atoms with Crippen LogP contribution in [0.3, 0.4) is 0 Å². The second kappa shape index (κ2) is 8.23. The molecule has 0 spiro atoms. The minimum Gasteiger partial charge on any atom is -0.477 e. The Balaban J connectivity index is 2.05. The van der Waals surface area contributed by atoms with Gasteiger partial charge in [-0.25, -0.2) is 9.18 Å². The van der Waals surface area contributed by atoms with E-state index in [0.717, 1.165) is 30.1 Å². The Morgan fingerprint density at radius 1 is 1.14 bits per heavy atom. The van der Waals surface area contributed by atoms with Crippen molar-refractivity contribution in [1.29, 1.82) is 0 Å². The third-order valence-electron chi connectivity index (χ3n) is 3.81. The summed E-state index contributed by atoms with van der Waals surface area (Å²) in [5, 5.41) is 12.6. The first-order chi connectivity index (χ1) is 13.2. The number of hydrogen-bond acceptors (Lipinski definition) is 4. The highest BCUT2D eigenvalue weighted by molar-refractivity contribution is 7.68. The van der Waals surface area contributed by atoms with E-state index >= 15 is 0 Å². The van der Waals surface area contributed by atoms with E-state index in [1.165, 1.54) is 18.2 Å². The Kier molecular flexibility index (Phi) is 6.12. The molecule has 1 unspecified atom stereocenters. The van der Waals surface area contributed by atoms with E-state index in [0.29, 0.717) is 9.90 Å². The standard InChI is InChI=1S/C18H13Cl2FNO4PS/c1-26-27(25,15-7-6-12(20)8-13(15)21)22-14-9-16(28-17(14)18(23)24)10-2-4-11(19)5-3-10/h2-9H,1H3,(H,22,25)(H,23,24). The van der Waals surface area contributed by atoms with Crippen molar-refractivity contribution in [2.75, 3.05) is 12.2 Å². The average Bonchev–Trinajstić information content (AvgIpc) is 3.06. The quantitative estimate of drug-likeness (QED) is 0.433. The molecule has 2 aromatic carbocycles. The summed E-state index contributed by atoms with van der Waals surface area (Å²) in [5.74, 6) is -2.04. The van der Waals surface area contributed by atoms with E-state index in [1.807, 2.05) is 0 Å². The van der Waals surface area contributed by atoms with Crippen molar-refractivity contribution >= 4 is 59.0 Å². The number of aromatic carboxylic acids is 1. The SMILES string of the molecule is COP(=O)(Nc1cc(-c2ccc(Cl)cc2)sc1C(=O)O)c1ccc(Cl)cc1F. The zero-order valence-electron chi connectivity index (χ0n) is 14.3. The van der Waals surface area contributed by atoms with Crippen molar-refractivity contribution in [3.63, 3.8) is 0 Å². The minimum absolute atomic E-state index is 0.0574. The van der Waals surface area contributed by atoms with Gasteiger partial charge < -0.3 is 14.7 Å². The normalized spacial score (nSPS) is 13.1. The summed E-state index contributed by atoms with van der Waals surface area (Å²) in [6, 6.07) is 12.0. The zero-order chi connectivity index (χ0) is 20.5. The Bertz CT molecular complexity index is 1090. The van der Waals surface area contributed by atoms with E-state index in [2.05, 4.69) is 5.09 Å². The van der Waals surface area contributed by atoms with Crippen molar-refractivity contribution in [3.8, 4) is 10.4 Å². The number of benzene rings is 2. The van der Waals surface area contributed by atoms with Gasteiger partial charge in [-0.1, -0.05) is 35.3 Å². The highest BCUT2D eigenvalue weighted by Gasteiger charge is 2.31. The lowest BCUT2D eigenvalue weighted by atomic mass is 10.2. The summed E-state index contributed by atoms with van der Waals surface area (Å²) in [7, 11) is -2.80. The number of halogens is 3. The van der Waals surface area contributed by atoms with Crippen LogP contribution in [0.25, 0.3) is 10.4 Å². The fourth-order valence-electron chi connectivity index (χ4n) is 2.47. The molecule has 0 fully saturated rings. The lowest BCUT2D eigenvalue weighted by molar-refractivity contribution is 0.0703. The molecule has 28 heavy (non-hydrogen) atoms. The largest absolute Gasteiger partial charge is 0.477 e. The molecule has 0 saturated carbocycles. The van der Waals surface area contributed by atoms with Gasteiger partial charge in [-0.3, -0.25) is 4.57 Å². The van der Waals surface area contributed by atoms with Crippen LogP contribution < -0.4 is 10.4 Å². The van der Waals surface area contributed by atoms with Crippen LogP contribution in [0.4, 0.5) is 10.1 Å². The van der Waals surface area contributed by atoms with Crippen LogP contribution in [-0.4, -0.2) is 18.2 Å². The Morgan fingerprint density at radius 3 is 2.36 bits per heavy atom. The first-order valence-electron chi connectivity index (χ1n) is 7.76. The van der Waals surface area contributed by atoms with Crippen molar-refractivity contribution in [2.24, 2.45) is 0 Å². The van der Waals surface area contributed by atoms with Gasteiger partial charge in [0.25, 0.3) is 0 Å². The fourth-order valence-corrected chi connectivity index (χ4v) is 5.31. The molecule has 3 aromatic rings. The Morgan fingerprint density at radius 2 is 1.79 bits per heavy atom. The van der Waals surface area contributed by atoms with Gasteiger partial charge in [0, 0.05) is 22.0 Å². The van der Waals surface area contributed by atoms with Crippen molar-refractivity contribution < 1.29 is 23.4 Å². The monoisotopic (exact) mass is 459 g/mol. The van der Waals surface area contributed by atoms with Crippen molar-refractivity contribution in [3.05, 3.63) is 69.3 Å². The molecule has 1 heterocycles. The number of carboxylic acid groups (broad SMARTS) is 1.